The Bertz CT molecular complexity index is 227. The van der Waals surface area contributed by atoms with Gasteiger partial charge in [0.15, 0.2) is 0 Å². The van der Waals surface area contributed by atoms with E-state index < -0.39 is 12.8 Å². The summed E-state index contributed by atoms with van der Waals surface area (Å²) in [6, 6.07) is 0.649. The minimum Gasteiger partial charge on any atom is -0.372 e. The highest BCUT2D eigenvalue weighted by Gasteiger charge is 2.27. The van der Waals surface area contributed by atoms with E-state index in [1.165, 1.54) is 12.8 Å². The number of halogens is 3. The number of rotatable bonds is 9. The Morgan fingerprint density at radius 2 is 1.94 bits per heavy atom. The second-order valence-electron chi connectivity index (χ2n) is 5.63. The van der Waals surface area contributed by atoms with Crippen LogP contribution in [0.15, 0.2) is 0 Å². The first-order valence-electron chi connectivity index (χ1n) is 6.74. The highest BCUT2D eigenvalue weighted by molar-refractivity contribution is 4.82. The normalized spacial score (nSPS) is 18.3. The number of ether oxygens (including phenoxy) is 1. The maximum atomic E-state index is 11.9. The summed E-state index contributed by atoms with van der Waals surface area (Å²) in [6.45, 7) is 4.25. The molecule has 18 heavy (non-hydrogen) atoms. The molecule has 0 amide bonds. The van der Waals surface area contributed by atoms with Gasteiger partial charge >= 0.3 is 6.18 Å². The second kappa shape index (κ2) is 7.34. The Kier molecular flexibility index (Phi) is 6.43. The molecule has 0 aromatic heterocycles. The van der Waals surface area contributed by atoms with Crippen molar-refractivity contribution in [2.24, 2.45) is 11.8 Å². The maximum Gasteiger partial charge on any atom is 0.411 e. The zero-order chi connectivity index (χ0) is 13.6. The molecule has 0 saturated heterocycles. The molecule has 0 radical (unpaired) electrons. The largest absolute Gasteiger partial charge is 0.411 e. The molecule has 1 saturated carbocycles. The van der Waals surface area contributed by atoms with Crippen LogP contribution in [0.25, 0.3) is 0 Å². The first-order valence-corrected chi connectivity index (χ1v) is 6.74. The topological polar surface area (TPSA) is 21.3 Å². The van der Waals surface area contributed by atoms with Gasteiger partial charge in [0, 0.05) is 12.6 Å². The minimum atomic E-state index is -4.21. The first kappa shape index (κ1) is 15.8. The molecule has 1 aliphatic rings. The van der Waals surface area contributed by atoms with Crippen LogP contribution >= 0.6 is 0 Å². The number of nitrogens with one attached hydrogen (secondary N) is 1. The smallest absolute Gasteiger partial charge is 0.372 e. The lowest BCUT2D eigenvalue weighted by atomic mass is 9.94. The molecule has 2 nitrogen and oxygen atoms in total. The van der Waals surface area contributed by atoms with Crippen molar-refractivity contribution in [3.05, 3.63) is 0 Å². The van der Waals surface area contributed by atoms with Crippen molar-refractivity contribution in [3.63, 3.8) is 0 Å². The molecule has 0 aromatic rings. The molecule has 1 fully saturated rings. The van der Waals surface area contributed by atoms with Crippen LogP contribution < -0.4 is 5.32 Å². The summed E-state index contributed by atoms with van der Waals surface area (Å²) < 4.78 is 40.4. The van der Waals surface area contributed by atoms with Gasteiger partial charge in [-0.1, -0.05) is 13.8 Å². The molecule has 5 heteroatoms. The van der Waals surface area contributed by atoms with E-state index in [0.717, 1.165) is 13.0 Å². The molecule has 0 spiro atoms. The predicted molar refractivity (Wildman–Crippen MR) is 65.5 cm³/mol. The van der Waals surface area contributed by atoms with E-state index in [2.05, 4.69) is 23.9 Å². The van der Waals surface area contributed by atoms with Crippen LogP contribution in [0.5, 0.6) is 0 Å². The lowest BCUT2D eigenvalue weighted by Crippen LogP contribution is -2.27. The van der Waals surface area contributed by atoms with E-state index in [4.69, 9.17) is 0 Å². The summed E-state index contributed by atoms with van der Waals surface area (Å²) in [7, 11) is 0. The van der Waals surface area contributed by atoms with Gasteiger partial charge in [0.1, 0.15) is 6.61 Å². The SMILES string of the molecule is CC(C)CC(CCOCC(F)(F)F)CNC1CC1. The summed E-state index contributed by atoms with van der Waals surface area (Å²) in [5.41, 5.74) is 0. The van der Waals surface area contributed by atoms with Crippen LogP contribution in [0.3, 0.4) is 0 Å². The molecule has 1 rings (SSSR count). The van der Waals surface area contributed by atoms with Gasteiger partial charge in [-0.3, -0.25) is 0 Å². The Hall–Kier alpha value is -0.290. The van der Waals surface area contributed by atoms with Crippen LogP contribution in [0.2, 0.25) is 0 Å². The molecule has 1 unspecified atom stereocenters. The van der Waals surface area contributed by atoms with Gasteiger partial charge in [-0.25, -0.2) is 0 Å². The standard InChI is InChI=1S/C13H24F3NO/c1-10(2)7-11(8-17-12-3-4-12)5-6-18-9-13(14,15)16/h10-12,17H,3-9H2,1-2H3. The minimum absolute atomic E-state index is 0.198. The van der Waals surface area contributed by atoms with E-state index >= 15 is 0 Å². The predicted octanol–water partition coefficient (Wildman–Crippen LogP) is 3.37. The summed E-state index contributed by atoms with van der Waals surface area (Å²) in [4.78, 5) is 0. The molecular formula is C13H24F3NO. The van der Waals surface area contributed by atoms with Crippen LogP contribution in [0, 0.1) is 11.8 Å². The van der Waals surface area contributed by atoms with Gasteiger partial charge in [0.2, 0.25) is 0 Å². The highest BCUT2D eigenvalue weighted by atomic mass is 19.4. The summed E-state index contributed by atoms with van der Waals surface area (Å²) >= 11 is 0. The first-order chi connectivity index (χ1) is 8.37. The Morgan fingerprint density at radius 3 is 2.44 bits per heavy atom. The van der Waals surface area contributed by atoms with Gasteiger partial charge in [-0.15, -0.1) is 0 Å². The molecule has 0 bridgehead atoms. The lowest BCUT2D eigenvalue weighted by molar-refractivity contribution is -0.174. The van der Waals surface area contributed by atoms with Gasteiger partial charge < -0.3 is 10.1 Å². The van der Waals surface area contributed by atoms with Crippen LogP contribution in [-0.4, -0.2) is 32.0 Å². The van der Waals surface area contributed by atoms with Crippen molar-refractivity contribution < 1.29 is 17.9 Å². The molecule has 0 aromatic carbocycles. The van der Waals surface area contributed by atoms with Crippen LogP contribution in [0.4, 0.5) is 13.2 Å². The van der Waals surface area contributed by atoms with Crippen molar-refractivity contribution in [2.75, 3.05) is 19.8 Å². The highest BCUT2D eigenvalue weighted by Crippen LogP contribution is 2.21. The van der Waals surface area contributed by atoms with Gasteiger partial charge in [0.05, 0.1) is 0 Å². The molecule has 0 heterocycles. The second-order valence-corrected chi connectivity index (χ2v) is 5.63. The Morgan fingerprint density at radius 1 is 1.28 bits per heavy atom. The fraction of sp³-hybridized carbons (Fsp3) is 1.00. The van der Waals surface area contributed by atoms with Crippen molar-refractivity contribution in [1.29, 1.82) is 0 Å². The van der Waals surface area contributed by atoms with Crippen LogP contribution in [-0.2, 0) is 4.74 Å². The van der Waals surface area contributed by atoms with Crippen molar-refractivity contribution in [3.8, 4) is 0 Å². The maximum absolute atomic E-state index is 11.9. The summed E-state index contributed by atoms with van der Waals surface area (Å²) in [5, 5.41) is 3.44. The zero-order valence-electron chi connectivity index (χ0n) is 11.2. The average molecular weight is 267 g/mol. The monoisotopic (exact) mass is 267 g/mol. The fourth-order valence-corrected chi connectivity index (χ4v) is 2.03. The number of hydrogen-bond donors (Lipinski definition) is 1. The molecule has 1 aliphatic carbocycles. The Balaban J connectivity index is 2.13. The third kappa shape index (κ3) is 8.75. The lowest BCUT2D eigenvalue weighted by Gasteiger charge is -2.20. The van der Waals surface area contributed by atoms with E-state index in [1.54, 1.807) is 0 Å². The zero-order valence-corrected chi connectivity index (χ0v) is 11.2. The van der Waals surface area contributed by atoms with Crippen molar-refractivity contribution in [2.45, 2.75) is 51.7 Å². The fourth-order valence-electron chi connectivity index (χ4n) is 2.03. The molecule has 108 valence electrons. The van der Waals surface area contributed by atoms with E-state index in [9.17, 15) is 13.2 Å². The quantitative estimate of drug-likeness (QED) is 0.647. The molecule has 1 atom stereocenters. The van der Waals surface area contributed by atoms with Crippen LogP contribution in [0.1, 0.15) is 39.5 Å². The average Bonchev–Trinajstić information content (AvgIpc) is 3.02. The molecule has 0 aliphatic heterocycles. The third-order valence-electron chi connectivity index (χ3n) is 3.01. The summed E-state index contributed by atoms with van der Waals surface area (Å²) in [5.74, 6) is 0.984. The molecule has 1 N–H and O–H groups in total. The molecular weight excluding hydrogens is 243 g/mol. The van der Waals surface area contributed by atoms with E-state index in [0.29, 0.717) is 24.3 Å². The van der Waals surface area contributed by atoms with E-state index in [1.807, 2.05) is 0 Å². The number of alkyl halides is 3. The summed E-state index contributed by atoms with van der Waals surface area (Å²) in [6.07, 6.45) is 0.000823. The van der Waals surface area contributed by atoms with Gasteiger partial charge in [-0.2, -0.15) is 13.2 Å². The van der Waals surface area contributed by atoms with E-state index in [-0.39, 0.29) is 6.61 Å². The van der Waals surface area contributed by atoms with Gasteiger partial charge in [-0.05, 0) is 44.1 Å². The Labute approximate surface area is 107 Å². The number of hydrogen-bond acceptors (Lipinski definition) is 2. The third-order valence-corrected chi connectivity index (χ3v) is 3.01. The van der Waals surface area contributed by atoms with Gasteiger partial charge in [0.25, 0.3) is 0 Å². The van der Waals surface area contributed by atoms with Crippen molar-refractivity contribution >= 4 is 0 Å². The van der Waals surface area contributed by atoms with Crippen molar-refractivity contribution in [1.82, 2.24) is 5.32 Å².